The highest BCUT2D eigenvalue weighted by Crippen LogP contribution is 2.43. The Morgan fingerprint density at radius 1 is 0.852 bits per heavy atom. The lowest BCUT2D eigenvalue weighted by Gasteiger charge is -2.29. The molecule has 1 aliphatic rings. The molecule has 5 rings (SSSR count). The summed E-state index contributed by atoms with van der Waals surface area (Å²) in [6, 6.07) is 18.7. The van der Waals surface area contributed by atoms with E-state index >= 15 is 0 Å². The third-order valence-electron chi connectivity index (χ3n) is 5.78. The summed E-state index contributed by atoms with van der Waals surface area (Å²) in [6.07, 6.45) is 3.74. The maximum atomic E-state index is 10.7. The van der Waals surface area contributed by atoms with Gasteiger partial charge in [0, 0.05) is 34.8 Å². The molecule has 2 N–H and O–H groups in total. The number of H-pyrrole nitrogens is 1. The second kappa shape index (κ2) is 6.34. The Bertz CT molecular complexity index is 1120. The van der Waals surface area contributed by atoms with Gasteiger partial charge in [-0.1, -0.05) is 54.1 Å². The van der Waals surface area contributed by atoms with Gasteiger partial charge in [-0.05, 0) is 32.3 Å². The number of phenols is 1. The zero-order chi connectivity index (χ0) is 18.4. The number of aryl methyl sites for hydroxylation is 1. The molecule has 0 saturated carbocycles. The van der Waals surface area contributed by atoms with Crippen molar-refractivity contribution in [3.63, 3.8) is 0 Å². The molecule has 1 aliphatic heterocycles. The van der Waals surface area contributed by atoms with E-state index in [1.54, 1.807) is 0 Å². The van der Waals surface area contributed by atoms with Crippen molar-refractivity contribution in [2.24, 2.45) is 0 Å². The van der Waals surface area contributed by atoms with E-state index in [1.165, 1.54) is 36.1 Å². The molecule has 0 radical (unpaired) electrons. The lowest BCUT2D eigenvalue weighted by atomic mass is 10.0. The molecule has 4 aromatic rings. The second-order valence-electron chi connectivity index (χ2n) is 7.63. The molecule has 0 aliphatic carbocycles. The number of aromatic nitrogens is 1. The molecule has 3 nitrogen and oxygen atoms in total. The molecule has 3 heteroatoms. The van der Waals surface area contributed by atoms with Crippen LogP contribution in [0, 0.1) is 6.92 Å². The molecule has 27 heavy (non-hydrogen) atoms. The molecule has 1 saturated heterocycles. The molecular formula is C24H24N2O. The summed E-state index contributed by atoms with van der Waals surface area (Å²) >= 11 is 0. The number of rotatable bonds is 2. The van der Waals surface area contributed by atoms with Crippen LogP contribution in [0.25, 0.3) is 32.9 Å². The van der Waals surface area contributed by atoms with Crippen molar-refractivity contribution in [3.8, 4) is 17.0 Å². The van der Waals surface area contributed by atoms with E-state index < -0.39 is 0 Å². The van der Waals surface area contributed by atoms with Gasteiger partial charge in [-0.3, -0.25) is 0 Å². The van der Waals surface area contributed by atoms with Crippen LogP contribution in [0.15, 0.2) is 54.6 Å². The van der Waals surface area contributed by atoms with Crippen LogP contribution >= 0.6 is 0 Å². The minimum atomic E-state index is 0.353. The Morgan fingerprint density at radius 3 is 2.30 bits per heavy atom. The number of nitrogens with one attached hydrogen (secondary N) is 1. The Kier molecular flexibility index (Phi) is 3.82. The molecule has 0 atom stereocenters. The van der Waals surface area contributed by atoms with E-state index in [1.807, 2.05) is 24.3 Å². The Morgan fingerprint density at radius 2 is 1.56 bits per heavy atom. The van der Waals surface area contributed by atoms with Gasteiger partial charge in [0.25, 0.3) is 0 Å². The summed E-state index contributed by atoms with van der Waals surface area (Å²) in [7, 11) is 0. The number of fused-ring (bicyclic) bond motifs is 3. The first-order valence-electron chi connectivity index (χ1n) is 9.81. The zero-order valence-electron chi connectivity index (χ0n) is 15.6. The molecule has 136 valence electrons. The van der Waals surface area contributed by atoms with Gasteiger partial charge >= 0.3 is 0 Å². The molecule has 3 aromatic carbocycles. The van der Waals surface area contributed by atoms with Crippen LogP contribution in [-0.2, 0) is 0 Å². The fourth-order valence-electron chi connectivity index (χ4n) is 4.37. The number of aromatic amines is 1. The van der Waals surface area contributed by atoms with Crippen molar-refractivity contribution >= 4 is 27.4 Å². The van der Waals surface area contributed by atoms with Gasteiger partial charge < -0.3 is 15.0 Å². The highest BCUT2D eigenvalue weighted by molar-refractivity contribution is 6.15. The van der Waals surface area contributed by atoms with Gasteiger partial charge in [0.05, 0.1) is 16.9 Å². The first kappa shape index (κ1) is 16.2. The van der Waals surface area contributed by atoms with E-state index in [2.05, 4.69) is 47.1 Å². The average molecular weight is 356 g/mol. The van der Waals surface area contributed by atoms with Gasteiger partial charge in [0.1, 0.15) is 5.75 Å². The Balaban J connectivity index is 1.84. The fourth-order valence-corrected chi connectivity index (χ4v) is 4.37. The van der Waals surface area contributed by atoms with E-state index in [0.29, 0.717) is 5.75 Å². The summed E-state index contributed by atoms with van der Waals surface area (Å²) in [5.74, 6) is 0.353. The Hall–Kier alpha value is -2.94. The van der Waals surface area contributed by atoms with Crippen molar-refractivity contribution in [2.45, 2.75) is 26.2 Å². The van der Waals surface area contributed by atoms with Crippen LogP contribution in [-0.4, -0.2) is 23.2 Å². The van der Waals surface area contributed by atoms with Crippen molar-refractivity contribution in [1.82, 2.24) is 4.98 Å². The first-order valence-corrected chi connectivity index (χ1v) is 9.81. The lowest BCUT2D eigenvalue weighted by molar-refractivity contribution is 0.482. The van der Waals surface area contributed by atoms with E-state index in [-0.39, 0.29) is 0 Å². The highest BCUT2D eigenvalue weighted by Gasteiger charge is 2.22. The topological polar surface area (TPSA) is 39.3 Å². The number of phenolic OH excluding ortho intramolecular Hbond substituents is 1. The fraction of sp³-hybridized carbons (Fsp3) is 0.250. The first-order chi connectivity index (χ1) is 13.2. The lowest BCUT2D eigenvalue weighted by Crippen LogP contribution is -2.29. The maximum Gasteiger partial charge on any atom is 0.124 e. The largest absolute Gasteiger partial charge is 0.507 e. The minimum Gasteiger partial charge on any atom is -0.507 e. The van der Waals surface area contributed by atoms with Gasteiger partial charge in [0.2, 0.25) is 0 Å². The predicted octanol–water partition coefficient (Wildman–Crippen LogP) is 5.99. The third-order valence-corrected chi connectivity index (χ3v) is 5.78. The summed E-state index contributed by atoms with van der Waals surface area (Å²) < 4.78 is 0. The van der Waals surface area contributed by atoms with Gasteiger partial charge in [-0.25, -0.2) is 0 Å². The molecule has 0 bridgehead atoms. The second-order valence-corrected chi connectivity index (χ2v) is 7.63. The predicted molar refractivity (Wildman–Crippen MR) is 114 cm³/mol. The standard InChI is InChI=1S/C24H24N2O/c1-16-9-11-17(12-10-16)22-24(26-13-5-2-6-14-26)20-15-21(27)18-7-3-4-8-19(18)23(20)25-22/h3-4,7-12,15,25,27H,2,5-6,13-14H2,1H3. The van der Waals surface area contributed by atoms with Crippen molar-refractivity contribution in [1.29, 1.82) is 0 Å². The number of benzene rings is 3. The monoisotopic (exact) mass is 356 g/mol. The zero-order valence-corrected chi connectivity index (χ0v) is 15.6. The summed E-state index contributed by atoms with van der Waals surface area (Å²) in [6.45, 7) is 4.25. The van der Waals surface area contributed by atoms with Crippen LogP contribution in [0.1, 0.15) is 24.8 Å². The molecule has 2 heterocycles. The normalized spacial score (nSPS) is 14.9. The summed E-state index contributed by atoms with van der Waals surface area (Å²) in [4.78, 5) is 6.21. The van der Waals surface area contributed by atoms with E-state index in [4.69, 9.17) is 0 Å². The minimum absolute atomic E-state index is 0.353. The number of hydrogen-bond donors (Lipinski definition) is 2. The number of hydrogen-bond acceptors (Lipinski definition) is 2. The third kappa shape index (κ3) is 2.66. The van der Waals surface area contributed by atoms with Crippen LogP contribution in [0.3, 0.4) is 0 Å². The quantitative estimate of drug-likeness (QED) is 0.463. The van der Waals surface area contributed by atoms with Gasteiger partial charge in [0.15, 0.2) is 0 Å². The van der Waals surface area contributed by atoms with E-state index in [0.717, 1.165) is 40.5 Å². The Labute approximate surface area is 159 Å². The van der Waals surface area contributed by atoms with E-state index in [9.17, 15) is 5.11 Å². The van der Waals surface area contributed by atoms with Crippen molar-refractivity contribution in [3.05, 3.63) is 60.2 Å². The number of anilines is 1. The molecule has 0 spiro atoms. The number of nitrogens with zero attached hydrogens (tertiary/aromatic N) is 1. The summed E-state index contributed by atoms with van der Waals surface area (Å²) in [5.41, 5.74) is 5.95. The van der Waals surface area contributed by atoms with Crippen LogP contribution in [0.2, 0.25) is 0 Å². The highest BCUT2D eigenvalue weighted by atomic mass is 16.3. The molecular weight excluding hydrogens is 332 g/mol. The van der Waals surface area contributed by atoms with Crippen molar-refractivity contribution in [2.75, 3.05) is 18.0 Å². The molecule has 1 aromatic heterocycles. The molecule has 0 unspecified atom stereocenters. The summed E-state index contributed by atoms with van der Waals surface area (Å²) in [5, 5.41) is 13.8. The molecule has 0 amide bonds. The molecule has 1 fully saturated rings. The van der Waals surface area contributed by atoms with Crippen LogP contribution in [0.4, 0.5) is 5.69 Å². The smallest absolute Gasteiger partial charge is 0.124 e. The van der Waals surface area contributed by atoms with Crippen LogP contribution in [0.5, 0.6) is 5.75 Å². The van der Waals surface area contributed by atoms with Gasteiger partial charge in [-0.2, -0.15) is 0 Å². The van der Waals surface area contributed by atoms with Crippen LogP contribution < -0.4 is 4.90 Å². The average Bonchev–Trinajstić information content (AvgIpc) is 3.09. The van der Waals surface area contributed by atoms with Gasteiger partial charge in [-0.15, -0.1) is 0 Å². The number of aromatic hydroxyl groups is 1. The SMILES string of the molecule is Cc1ccc(-c2[nH]c3c(cc(O)c4ccccc43)c2N2CCCCC2)cc1. The van der Waals surface area contributed by atoms with Crippen molar-refractivity contribution < 1.29 is 5.11 Å². The maximum absolute atomic E-state index is 10.7. The number of piperidine rings is 1.